The SMILES string of the molecule is CCCC(=O)N(C)CCN(CCSCCC(=O)O)C(=O)CCC. The van der Waals surface area contributed by atoms with E-state index in [0.717, 1.165) is 18.6 Å². The fraction of sp³-hybridized carbons (Fsp3) is 0.812. The second-order valence-corrected chi connectivity index (χ2v) is 6.68. The Bertz CT molecular complexity index is 377. The summed E-state index contributed by atoms with van der Waals surface area (Å²) in [5, 5.41) is 8.61. The molecule has 0 aliphatic heterocycles. The van der Waals surface area contributed by atoms with Gasteiger partial charge in [0.05, 0.1) is 6.42 Å². The zero-order valence-corrected chi connectivity index (χ0v) is 15.4. The number of hydrogen-bond donors (Lipinski definition) is 1. The van der Waals surface area contributed by atoms with E-state index >= 15 is 0 Å². The number of carbonyl (C=O) groups excluding carboxylic acids is 2. The van der Waals surface area contributed by atoms with E-state index in [1.165, 1.54) is 11.8 Å². The van der Waals surface area contributed by atoms with Crippen LogP contribution in [0.1, 0.15) is 46.0 Å². The lowest BCUT2D eigenvalue weighted by atomic mass is 10.3. The normalized spacial score (nSPS) is 10.4. The maximum absolute atomic E-state index is 12.1. The molecule has 0 radical (unpaired) electrons. The smallest absolute Gasteiger partial charge is 0.304 e. The molecule has 0 rings (SSSR count). The average Bonchev–Trinajstić information content (AvgIpc) is 2.49. The van der Waals surface area contributed by atoms with Crippen molar-refractivity contribution in [1.82, 2.24) is 9.80 Å². The molecule has 0 aliphatic rings. The molecular formula is C16H30N2O4S. The molecule has 2 amide bonds. The maximum atomic E-state index is 12.1. The van der Waals surface area contributed by atoms with Gasteiger partial charge in [-0.15, -0.1) is 0 Å². The van der Waals surface area contributed by atoms with Crippen molar-refractivity contribution >= 4 is 29.5 Å². The molecule has 0 saturated heterocycles. The van der Waals surface area contributed by atoms with Crippen LogP contribution in [0.4, 0.5) is 0 Å². The van der Waals surface area contributed by atoms with Gasteiger partial charge in [0.25, 0.3) is 0 Å². The highest BCUT2D eigenvalue weighted by atomic mass is 32.2. The quantitative estimate of drug-likeness (QED) is 0.517. The Kier molecular flexibility index (Phi) is 12.5. The Morgan fingerprint density at radius 1 is 0.870 bits per heavy atom. The molecule has 0 aromatic rings. The van der Waals surface area contributed by atoms with Gasteiger partial charge in [-0.3, -0.25) is 14.4 Å². The number of likely N-dealkylation sites (N-methyl/N-ethyl adjacent to an activating group) is 1. The number of aliphatic carboxylic acids is 1. The summed E-state index contributed by atoms with van der Waals surface area (Å²) < 4.78 is 0. The highest BCUT2D eigenvalue weighted by Crippen LogP contribution is 2.06. The Hall–Kier alpha value is -1.24. The van der Waals surface area contributed by atoms with E-state index in [9.17, 15) is 14.4 Å². The first-order valence-electron chi connectivity index (χ1n) is 8.23. The molecule has 0 aliphatic carbocycles. The molecule has 0 aromatic carbocycles. The molecule has 23 heavy (non-hydrogen) atoms. The second-order valence-electron chi connectivity index (χ2n) is 5.45. The monoisotopic (exact) mass is 346 g/mol. The molecule has 0 atom stereocenters. The van der Waals surface area contributed by atoms with Gasteiger partial charge in [-0.05, 0) is 12.8 Å². The average molecular weight is 346 g/mol. The Morgan fingerprint density at radius 2 is 1.48 bits per heavy atom. The van der Waals surface area contributed by atoms with Crippen molar-refractivity contribution in [3.63, 3.8) is 0 Å². The lowest BCUT2D eigenvalue weighted by Gasteiger charge is -2.26. The van der Waals surface area contributed by atoms with Crippen LogP contribution >= 0.6 is 11.8 Å². The summed E-state index contributed by atoms with van der Waals surface area (Å²) in [7, 11) is 1.77. The molecule has 0 fully saturated rings. The number of hydrogen-bond acceptors (Lipinski definition) is 4. The van der Waals surface area contributed by atoms with Crippen molar-refractivity contribution in [2.75, 3.05) is 38.2 Å². The first-order chi connectivity index (χ1) is 10.9. The van der Waals surface area contributed by atoms with Gasteiger partial charge in [0.2, 0.25) is 11.8 Å². The van der Waals surface area contributed by atoms with Crippen LogP contribution in [0.2, 0.25) is 0 Å². The number of carbonyl (C=O) groups is 3. The maximum Gasteiger partial charge on any atom is 0.304 e. The molecular weight excluding hydrogens is 316 g/mol. The van der Waals surface area contributed by atoms with Gasteiger partial charge in [0.15, 0.2) is 0 Å². The Labute approximate surface area is 143 Å². The topological polar surface area (TPSA) is 77.9 Å². The molecule has 0 bridgehead atoms. The van der Waals surface area contributed by atoms with E-state index in [2.05, 4.69) is 0 Å². The van der Waals surface area contributed by atoms with Crippen molar-refractivity contribution in [2.24, 2.45) is 0 Å². The van der Waals surface area contributed by atoms with Gasteiger partial charge >= 0.3 is 5.97 Å². The molecule has 1 N–H and O–H groups in total. The van der Waals surface area contributed by atoms with Gasteiger partial charge in [0, 0.05) is 51.0 Å². The van der Waals surface area contributed by atoms with Crippen LogP contribution in [0.3, 0.4) is 0 Å². The predicted molar refractivity (Wildman–Crippen MR) is 93.6 cm³/mol. The lowest BCUT2D eigenvalue weighted by molar-refractivity contribution is -0.136. The van der Waals surface area contributed by atoms with Crippen LogP contribution in [0.15, 0.2) is 0 Å². The van der Waals surface area contributed by atoms with Crippen molar-refractivity contribution in [2.45, 2.75) is 46.0 Å². The molecule has 6 nitrogen and oxygen atoms in total. The minimum atomic E-state index is -0.799. The van der Waals surface area contributed by atoms with Gasteiger partial charge in [-0.2, -0.15) is 11.8 Å². The third-order valence-electron chi connectivity index (χ3n) is 3.38. The zero-order valence-electron chi connectivity index (χ0n) is 14.5. The predicted octanol–water partition coefficient (Wildman–Crippen LogP) is 2.08. The van der Waals surface area contributed by atoms with Crippen molar-refractivity contribution in [3.8, 4) is 0 Å². The Balaban J connectivity index is 4.26. The zero-order chi connectivity index (χ0) is 17.7. The summed E-state index contributed by atoms with van der Waals surface area (Å²) in [4.78, 5) is 37.8. The number of carboxylic acid groups (broad SMARTS) is 1. The summed E-state index contributed by atoms with van der Waals surface area (Å²) in [6.07, 6.45) is 2.80. The van der Waals surface area contributed by atoms with E-state index in [-0.39, 0.29) is 18.2 Å². The van der Waals surface area contributed by atoms with Crippen molar-refractivity contribution in [1.29, 1.82) is 0 Å². The van der Waals surface area contributed by atoms with Crippen LogP contribution in [0, 0.1) is 0 Å². The standard InChI is InChI=1S/C16H30N2O4S/c1-4-6-14(19)17(3)9-10-18(15(20)7-5-2)11-13-23-12-8-16(21)22/h4-13H2,1-3H3,(H,21,22). The molecule has 0 spiro atoms. The van der Waals surface area contributed by atoms with Crippen LogP contribution < -0.4 is 0 Å². The summed E-state index contributed by atoms with van der Waals surface area (Å²) in [5.74, 6) is 0.677. The third kappa shape index (κ3) is 11.0. The summed E-state index contributed by atoms with van der Waals surface area (Å²) >= 11 is 1.54. The number of rotatable bonds is 13. The van der Waals surface area contributed by atoms with Crippen LogP contribution in [0.25, 0.3) is 0 Å². The third-order valence-corrected chi connectivity index (χ3v) is 4.34. The number of carboxylic acids is 1. The van der Waals surface area contributed by atoms with Gasteiger partial charge in [0.1, 0.15) is 0 Å². The molecule has 134 valence electrons. The van der Waals surface area contributed by atoms with Crippen molar-refractivity contribution in [3.05, 3.63) is 0 Å². The fourth-order valence-electron chi connectivity index (χ4n) is 1.97. The van der Waals surface area contributed by atoms with Gasteiger partial charge in [-0.1, -0.05) is 13.8 Å². The number of thioether (sulfide) groups is 1. The summed E-state index contributed by atoms with van der Waals surface area (Å²) in [6.45, 7) is 5.60. The minimum absolute atomic E-state index is 0.0997. The van der Waals surface area contributed by atoms with E-state index in [1.807, 2.05) is 13.8 Å². The van der Waals surface area contributed by atoms with Crippen LogP contribution in [-0.4, -0.2) is 70.9 Å². The van der Waals surface area contributed by atoms with Crippen LogP contribution in [0.5, 0.6) is 0 Å². The van der Waals surface area contributed by atoms with Gasteiger partial charge in [-0.25, -0.2) is 0 Å². The van der Waals surface area contributed by atoms with E-state index in [0.29, 0.717) is 38.2 Å². The van der Waals surface area contributed by atoms with E-state index in [1.54, 1.807) is 16.8 Å². The number of nitrogens with zero attached hydrogens (tertiary/aromatic N) is 2. The fourth-order valence-corrected chi connectivity index (χ4v) is 2.84. The largest absolute Gasteiger partial charge is 0.481 e. The molecule has 7 heteroatoms. The first-order valence-corrected chi connectivity index (χ1v) is 9.39. The second kappa shape index (κ2) is 13.2. The molecule has 0 saturated carbocycles. The molecule has 0 unspecified atom stereocenters. The summed E-state index contributed by atoms with van der Waals surface area (Å²) in [5.41, 5.74) is 0. The first kappa shape index (κ1) is 21.8. The highest BCUT2D eigenvalue weighted by molar-refractivity contribution is 7.99. The summed E-state index contributed by atoms with van der Waals surface area (Å²) in [6, 6.07) is 0. The van der Waals surface area contributed by atoms with E-state index < -0.39 is 5.97 Å². The number of amides is 2. The molecule has 0 heterocycles. The van der Waals surface area contributed by atoms with Crippen molar-refractivity contribution < 1.29 is 19.5 Å². The minimum Gasteiger partial charge on any atom is -0.481 e. The Morgan fingerprint density at radius 3 is 2.04 bits per heavy atom. The van der Waals surface area contributed by atoms with Gasteiger partial charge < -0.3 is 14.9 Å². The van der Waals surface area contributed by atoms with Crippen LogP contribution in [-0.2, 0) is 14.4 Å². The van der Waals surface area contributed by atoms with E-state index in [4.69, 9.17) is 5.11 Å². The lowest BCUT2D eigenvalue weighted by Crippen LogP contribution is -2.40. The highest BCUT2D eigenvalue weighted by Gasteiger charge is 2.15. The molecule has 0 aromatic heterocycles.